The van der Waals surface area contributed by atoms with Gasteiger partial charge in [0.15, 0.2) is 0 Å². The van der Waals surface area contributed by atoms with Gasteiger partial charge in [0.25, 0.3) is 0 Å². The Labute approximate surface area is 61.6 Å². The van der Waals surface area contributed by atoms with Crippen LogP contribution in [0, 0.1) is 17.8 Å². The number of hydrogen-bond acceptors (Lipinski definition) is 2. The maximum atomic E-state index is 8.99. The van der Waals surface area contributed by atoms with E-state index < -0.39 is 0 Å². The Balaban J connectivity index is 2.01. The van der Waals surface area contributed by atoms with E-state index in [0.29, 0.717) is 12.5 Å². The minimum absolute atomic E-state index is 0.406. The molecular formula is C8H15NO. The van der Waals surface area contributed by atoms with Gasteiger partial charge in [-0.25, -0.2) is 0 Å². The molecule has 1 saturated heterocycles. The van der Waals surface area contributed by atoms with Crippen LogP contribution in [0.5, 0.6) is 0 Å². The lowest BCUT2D eigenvalue weighted by molar-refractivity contribution is 0.195. The first kappa shape index (κ1) is 6.62. The van der Waals surface area contributed by atoms with Gasteiger partial charge in [0.1, 0.15) is 0 Å². The Morgan fingerprint density at radius 3 is 2.90 bits per heavy atom. The van der Waals surface area contributed by atoms with Crippen LogP contribution in [0.2, 0.25) is 0 Å². The molecule has 3 atom stereocenters. The summed E-state index contributed by atoms with van der Waals surface area (Å²) >= 11 is 0. The topological polar surface area (TPSA) is 32.3 Å². The van der Waals surface area contributed by atoms with Crippen molar-refractivity contribution in [3.8, 4) is 0 Å². The summed E-state index contributed by atoms with van der Waals surface area (Å²) in [5, 5.41) is 12.4. The van der Waals surface area contributed by atoms with Gasteiger partial charge in [-0.3, -0.25) is 0 Å². The summed E-state index contributed by atoms with van der Waals surface area (Å²) in [7, 11) is 0. The maximum absolute atomic E-state index is 8.99. The van der Waals surface area contributed by atoms with Gasteiger partial charge in [-0.2, -0.15) is 0 Å². The van der Waals surface area contributed by atoms with Crippen molar-refractivity contribution in [3.63, 3.8) is 0 Å². The zero-order valence-electron chi connectivity index (χ0n) is 6.21. The monoisotopic (exact) mass is 141 g/mol. The van der Waals surface area contributed by atoms with Crippen LogP contribution in [0.25, 0.3) is 0 Å². The summed E-state index contributed by atoms with van der Waals surface area (Å²) in [6.45, 7) is 2.73. The molecule has 2 bridgehead atoms. The van der Waals surface area contributed by atoms with E-state index in [1.54, 1.807) is 0 Å². The van der Waals surface area contributed by atoms with E-state index in [9.17, 15) is 0 Å². The first-order chi connectivity index (χ1) is 4.90. The van der Waals surface area contributed by atoms with Crippen LogP contribution in [-0.2, 0) is 0 Å². The second-order valence-corrected chi connectivity index (χ2v) is 3.70. The molecule has 0 unspecified atom stereocenters. The van der Waals surface area contributed by atoms with Gasteiger partial charge in [-0.1, -0.05) is 0 Å². The molecule has 0 radical (unpaired) electrons. The number of rotatable bonds is 1. The van der Waals surface area contributed by atoms with Gasteiger partial charge < -0.3 is 10.4 Å². The van der Waals surface area contributed by atoms with Crippen molar-refractivity contribution in [2.45, 2.75) is 12.8 Å². The van der Waals surface area contributed by atoms with Crippen molar-refractivity contribution in [2.24, 2.45) is 17.8 Å². The molecule has 58 valence electrons. The van der Waals surface area contributed by atoms with Crippen LogP contribution >= 0.6 is 0 Å². The fourth-order valence-corrected chi connectivity index (χ4v) is 2.45. The highest BCUT2D eigenvalue weighted by Crippen LogP contribution is 2.37. The largest absolute Gasteiger partial charge is 0.396 e. The van der Waals surface area contributed by atoms with E-state index in [2.05, 4.69) is 5.32 Å². The summed E-state index contributed by atoms with van der Waals surface area (Å²) in [6, 6.07) is 0. The zero-order valence-corrected chi connectivity index (χ0v) is 6.21. The fraction of sp³-hybridized carbons (Fsp3) is 1.00. The van der Waals surface area contributed by atoms with E-state index >= 15 is 0 Å². The molecule has 2 nitrogen and oxygen atoms in total. The third kappa shape index (κ3) is 0.956. The fourth-order valence-electron chi connectivity index (χ4n) is 2.45. The molecule has 0 spiro atoms. The molecule has 2 heteroatoms. The van der Waals surface area contributed by atoms with Crippen LogP contribution in [0.1, 0.15) is 12.8 Å². The second-order valence-electron chi connectivity index (χ2n) is 3.70. The molecule has 0 aromatic heterocycles. The van der Waals surface area contributed by atoms with E-state index in [-0.39, 0.29) is 0 Å². The average molecular weight is 141 g/mol. The Bertz CT molecular complexity index is 126. The van der Waals surface area contributed by atoms with E-state index in [1.807, 2.05) is 0 Å². The molecule has 2 aliphatic rings. The first-order valence-corrected chi connectivity index (χ1v) is 4.21. The lowest BCUT2D eigenvalue weighted by Gasteiger charge is -2.20. The third-order valence-electron chi connectivity index (χ3n) is 3.01. The Hall–Kier alpha value is -0.0800. The van der Waals surface area contributed by atoms with Crippen molar-refractivity contribution < 1.29 is 5.11 Å². The van der Waals surface area contributed by atoms with Crippen LogP contribution in [0.4, 0.5) is 0 Å². The molecule has 10 heavy (non-hydrogen) atoms. The molecule has 0 aromatic rings. The molecule has 1 aliphatic heterocycles. The van der Waals surface area contributed by atoms with Crippen LogP contribution < -0.4 is 5.32 Å². The number of aliphatic hydroxyl groups is 1. The Morgan fingerprint density at radius 2 is 2.20 bits per heavy atom. The standard InChI is InChI=1S/C8H15NO/c10-5-8-2-6-1-7(8)4-9-3-6/h6-10H,1-5H2/t6-,7-,8+/m0/s1. The minimum atomic E-state index is 0.406. The van der Waals surface area contributed by atoms with Crippen LogP contribution in [-0.4, -0.2) is 24.8 Å². The molecule has 2 rings (SSSR count). The van der Waals surface area contributed by atoms with Gasteiger partial charge >= 0.3 is 0 Å². The number of piperidine rings is 1. The van der Waals surface area contributed by atoms with Gasteiger partial charge in [0.05, 0.1) is 0 Å². The highest BCUT2D eigenvalue weighted by Gasteiger charge is 2.36. The molecule has 1 heterocycles. The van der Waals surface area contributed by atoms with Crippen LogP contribution in [0.3, 0.4) is 0 Å². The highest BCUT2D eigenvalue weighted by molar-refractivity contribution is 4.89. The van der Waals surface area contributed by atoms with E-state index in [4.69, 9.17) is 5.11 Å². The zero-order chi connectivity index (χ0) is 6.97. The molecule has 2 N–H and O–H groups in total. The molecule has 1 saturated carbocycles. The van der Waals surface area contributed by atoms with Crippen molar-refractivity contribution >= 4 is 0 Å². The molecule has 0 aromatic carbocycles. The summed E-state index contributed by atoms with van der Waals surface area (Å²) in [4.78, 5) is 0. The van der Waals surface area contributed by atoms with Gasteiger partial charge in [0, 0.05) is 6.61 Å². The van der Waals surface area contributed by atoms with Gasteiger partial charge in [-0.15, -0.1) is 0 Å². The summed E-state index contributed by atoms with van der Waals surface area (Å²) < 4.78 is 0. The SMILES string of the molecule is OC[C@H]1C[C@H]2CNC[C@@H]1C2. The normalized spacial score (nSPS) is 45.9. The molecule has 2 fully saturated rings. The van der Waals surface area contributed by atoms with Crippen LogP contribution in [0.15, 0.2) is 0 Å². The number of aliphatic hydroxyl groups excluding tert-OH is 1. The van der Waals surface area contributed by atoms with Gasteiger partial charge in [-0.05, 0) is 43.7 Å². The quantitative estimate of drug-likeness (QED) is 0.547. The lowest BCUT2D eigenvalue weighted by atomic mass is 9.96. The van der Waals surface area contributed by atoms with Gasteiger partial charge in [0.2, 0.25) is 0 Å². The Kier molecular flexibility index (Phi) is 1.66. The van der Waals surface area contributed by atoms with Crippen molar-refractivity contribution in [2.75, 3.05) is 19.7 Å². The summed E-state index contributed by atoms with van der Waals surface area (Å²) in [5.74, 6) is 2.26. The number of fused-ring (bicyclic) bond motifs is 2. The smallest absolute Gasteiger partial charge is 0.0462 e. The average Bonchev–Trinajstić information content (AvgIpc) is 2.26. The van der Waals surface area contributed by atoms with E-state index in [0.717, 1.165) is 18.4 Å². The summed E-state index contributed by atoms with van der Waals surface area (Å²) in [5.41, 5.74) is 0. The highest BCUT2D eigenvalue weighted by atomic mass is 16.3. The predicted octanol–water partition coefficient (Wildman–Crippen LogP) is 0.224. The Morgan fingerprint density at radius 1 is 1.30 bits per heavy atom. The molecule has 1 aliphatic carbocycles. The van der Waals surface area contributed by atoms with E-state index in [1.165, 1.54) is 19.4 Å². The summed E-state index contributed by atoms with van der Waals surface area (Å²) in [6.07, 6.45) is 2.62. The molecule has 0 amide bonds. The van der Waals surface area contributed by atoms with Crippen molar-refractivity contribution in [3.05, 3.63) is 0 Å². The second kappa shape index (κ2) is 2.51. The molecular weight excluding hydrogens is 126 g/mol. The third-order valence-corrected chi connectivity index (χ3v) is 3.01. The number of hydrogen-bond donors (Lipinski definition) is 2. The maximum Gasteiger partial charge on any atom is 0.0462 e. The number of nitrogens with one attached hydrogen (secondary N) is 1. The van der Waals surface area contributed by atoms with Crippen molar-refractivity contribution in [1.82, 2.24) is 5.32 Å². The first-order valence-electron chi connectivity index (χ1n) is 4.21. The predicted molar refractivity (Wildman–Crippen MR) is 39.7 cm³/mol. The lowest BCUT2D eigenvalue weighted by Crippen LogP contribution is -2.32. The van der Waals surface area contributed by atoms with Crippen molar-refractivity contribution in [1.29, 1.82) is 0 Å². The minimum Gasteiger partial charge on any atom is -0.396 e.